The maximum absolute atomic E-state index is 11.1. The maximum Gasteiger partial charge on any atom is 0.227 e. The van der Waals surface area contributed by atoms with E-state index in [9.17, 15) is 4.79 Å². The number of hydrogen-bond donors (Lipinski definition) is 1. The summed E-state index contributed by atoms with van der Waals surface area (Å²) in [6, 6.07) is 62.9. The van der Waals surface area contributed by atoms with Gasteiger partial charge in [0.2, 0.25) is 5.91 Å². The third kappa shape index (κ3) is 75.7. The Hall–Kier alpha value is -6.52. The number of hydrogen-bond acceptors (Lipinski definition) is 2. The lowest BCUT2D eigenvalue weighted by Gasteiger charge is -2.21. The number of nitrogens with one attached hydrogen (secondary N) is 1. The molecule has 10 rings (SSSR count). The minimum atomic E-state index is -0.233. The Kier molecular flexibility index (Phi) is 81.3. The van der Waals surface area contributed by atoms with Crippen LogP contribution in [0, 0.1) is 27.1 Å². The average molecular weight is 1380 g/mol. The molecule has 0 saturated carbocycles. The van der Waals surface area contributed by atoms with Gasteiger partial charge in [-0.3, -0.25) is 9.78 Å². The Morgan fingerprint density at radius 3 is 0.880 bits per heavy atom. The zero-order valence-electron chi connectivity index (χ0n) is 74.7. The van der Waals surface area contributed by atoms with E-state index in [4.69, 9.17) is 0 Å². The summed E-state index contributed by atoms with van der Waals surface area (Å²) in [5.74, 6) is 0.169. The molecule has 100 heavy (non-hydrogen) atoms. The summed E-state index contributed by atoms with van der Waals surface area (Å²) < 4.78 is 0. The Morgan fingerprint density at radius 2 is 0.600 bits per heavy atom. The fourth-order valence-electron chi connectivity index (χ4n) is 6.94. The van der Waals surface area contributed by atoms with Gasteiger partial charge in [0.05, 0.1) is 5.52 Å². The Balaban J connectivity index is -0.000000111. The van der Waals surface area contributed by atoms with Gasteiger partial charge in [-0.25, -0.2) is 0 Å². The largest absolute Gasteiger partial charge is 0.361 e. The number of amides is 1. The van der Waals surface area contributed by atoms with E-state index in [-0.39, 0.29) is 11.3 Å². The van der Waals surface area contributed by atoms with E-state index in [1.165, 1.54) is 67.4 Å². The minimum absolute atomic E-state index is 0.169. The van der Waals surface area contributed by atoms with Gasteiger partial charge in [0.1, 0.15) is 0 Å². The molecular formula is C96H169N3O. The Morgan fingerprint density at radius 1 is 0.320 bits per heavy atom. The highest BCUT2D eigenvalue weighted by Gasteiger charge is 2.22. The number of pyridine rings is 1. The monoisotopic (exact) mass is 1380 g/mol. The quantitative estimate of drug-likeness (QED) is 0.164. The van der Waals surface area contributed by atoms with Crippen molar-refractivity contribution >= 4 is 49.3 Å². The lowest BCUT2D eigenvalue weighted by Crippen LogP contribution is -2.33. The number of aromatic nitrogens is 2. The molecule has 0 bridgehead atoms. The highest BCUT2D eigenvalue weighted by Crippen LogP contribution is 2.30. The van der Waals surface area contributed by atoms with Crippen LogP contribution >= 0.6 is 0 Å². The lowest BCUT2D eigenvalue weighted by molar-refractivity contribution is -0.136. The molecule has 4 nitrogen and oxygen atoms in total. The van der Waals surface area contributed by atoms with Crippen molar-refractivity contribution in [3.8, 4) is 0 Å². The smallest absolute Gasteiger partial charge is 0.227 e. The number of fused-ring (bicyclic) bond motifs is 3. The van der Waals surface area contributed by atoms with Crippen LogP contribution in [0.25, 0.3) is 43.4 Å². The summed E-state index contributed by atoms with van der Waals surface area (Å²) in [6.45, 7) is 87.4. The van der Waals surface area contributed by atoms with Gasteiger partial charge in [-0.1, -0.05) is 449 Å². The molecule has 1 aliphatic rings. The molecule has 0 aliphatic heterocycles. The first kappa shape index (κ1) is 115. The topological polar surface area (TPSA) is 49.0 Å². The molecule has 0 atom stereocenters. The van der Waals surface area contributed by atoms with Crippen molar-refractivity contribution in [2.45, 2.75) is 309 Å². The van der Waals surface area contributed by atoms with E-state index >= 15 is 0 Å². The zero-order chi connectivity index (χ0) is 81.0. The highest BCUT2D eigenvalue weighted by molar-refractivity contribution is 5.90. The second-order valence-electron chi connectivity index (χ2n) is 29.1. The lowest BCUT2D eigenvalue weighted by atomic mass is 9.87. The number of para-hydroxylation sites is 2. The van der Waals surface area contributed by atoms with Crippen LogP contribution < -0.4 is 0 Å². The van der Waals surface area contributed by atoms with Gasteiger partial charge in [0.25, 0.3) is 0 Å². The number of carbonyl (C=O) groups excluding carboxylic acids is 1. The molecule has 7 aromatic carbocycles. The van der Waals surface area contributed by atoms with Gasteiger partial charge >= 0.3 is 0 Å². The molecule has 2 aromatic heterocycles. The van der Waals surface area contributed by atoms with Crippen molar-refractivity contribution in [3.63, 3.8) is 0 Å². The highest BCUT2D eigenvalue weighted by atomic mass is 16.2. The van der Waals surface area contributed by atoms with Gasteiger partial charge in [-0.15, -0.1) is 0 Å². The summed E-state index contributed by atoms with van der Waals surface area (Å²) in [5.41, 5.74) is 8.79. The van der Waals surface area contributed by atoms with Crippen LogP contribution in [-0.2, 0) is 23.1 Å². The van der Waals surface area contributed by atoms with Crippen molar-refractivity contribution in [2.24, 2.45) is 27.1 Å². The first-order valence-electron chi connectivity index (χ1n) is 38.8. The average Bonchev–Trinajstić information content (AvgIpc) is 1.64. The fourth-order valence-corrected chi connectivity index (χ4v) is 6.94. The summed E-state index contributed by atoms with van der Waals surface area (Å²) in [4.78, 5) is 20.0. The normalized spacial score (nSPS) is 9.76. The number of carbonyl (C=O) groups is 1. The van der Waals surface area contributed by atoms with Gasteiger partial charge in [0.15, 0.2) is 0 Å². The molecule has 0 saturated heterocycles. The van der Waals surface area contributed by atoms with E-state index in [1.54, 1.807) is 19.0 Å². The van der Waals surface area contributed by atoms with Crippen LogP contribution in [0.1, 0.15) is 307 Å². The number of aromatic amines is 1. The predicted molar refractivity (Wildman–Crippen MR) is 473 cm³/mol. The van der Waals surface area contributed by atoms with E-state index in [1.807, 2.05) is 208 Å². The van der Waals surface area contributed by atoms with E-state index < -0.39 is 0 Å². The molecule has 2 heterocycles. The molecule has 574 valence electrons. The van der Waals surface area contributed by atoms with Gasteiger partial charge in [-0.05, 0) is 108 Å². The van der Waals surface area contributed by atoms with Crippen LogP contribution in [0.3, 0.4) is 0 Å². The van der Waals surface area contributed by atoms with Gasteiger partial charge in [-0.2, -0.15) is 0 Å². The molecule has 0 fully saturated rings. The van der Waals surface area contributed by atoms with Crippen molar-refractivity contribution in [1.82, 2.24) is 14.9 Å². The van der Waals surface area contributed by atoms with Crippen molar-refractivity contribution < 1.29 is 4.79 Å². The van der Waals surface area contributed by atoms with Crippen LogP contribution in [0.4, 0.5) is 0 Å². The molecular weight excluding hydrogens is 1210 g/mol. The first-order chi connectivity index (χ1) is 46.8. The maximum atomic E-state index is 11.1. The van der Waals surface area contributed by atoms with Crippen molar-refractivity contribution in [2.75, 3.05) is 14.1 Å². The molecule has 0 unspecified atom stereocenters. The minimum Gasteiger partial charge on any atom is -0.361 e. The van der Waals surface area contributed by atoms with Crippen LogP contribution in [0.2, 0.25) is 0 Å². The van der Waals surface area contributed by atoms with E-state index in [0.717, 1.165) is 5.52 Å². The number of H-pyrrole nitrogens is 1. The summed E-state index contributed by atoms with van der Waals surface area (Å²) in [6.07, 6.45) is 6.22. The number of benzene rings is 7. The molecule has 4 heteroatoms. The second-order valence-corrected chi connectivity index (χ2v) is 29.1. The van der Waals surface area contributed by atoms with Crippen LogP contribution in [-0.4, -0.2) is 34.9 Å². The molecule has 1 aliphatic carbocycles. The second kappa shape index (κ2) is 70.9. The molecule has 9 aromatic rings. The summed E-state index contributed by atoms with van der Waals surface area (Å²) >= 11 is 0. The molecule has 1 N–H and O–H groups in total. The Bertz CT molecular complexity index is 2740. The van der Waals surface area contributed by atoms with E-state index in [2.05, 4.69) is 287 Å². The molecule has 0 spiro atoms. The molecule has 0 radical (unpaired) electrons. The SMILES string of the molecule is CC.CC.CC.CC.CC.CC.CC.CC.CC.CC.CC(C)(C)C.CC(C)(C)C.CC(C)(C)C.CC(C)(C)C.CC(C)(C)c1ccccc1.CN(C)C(=O)C(C)(C)C.c1cc2c3c(cccc3c1)CC2.c1ccc2[nH]ccc2c1.c1ccc2ccccc2c1.c1ccc2ncccc2c1. The Labute approximate surface area is 626 Å². The standard InChI is InChI=1S/C12H10.C10H8.C10H14.C9H7N.C8H7N.C7H15NO.4C5H12.10C2H6/c1-3-9-4-2-6-11-8-7-10(5-1)12(9)11;1-2-6-10-8-4-3-7-9(10)5-1;1-10(2,3)9-7-5-4-6-8-9;1-2-6-9-8(4-1)5-3-7-10-9;1-2-4-8-7(3-1)5-6-9-8;1-7(2,3)6(9)8(4)5;4*1-5(2,3)4;10*1-2/h1-6H,7-8H2;1-8H;4-8H,1-3H3;1-7H;1-6,9H;1-5H3;4*1-4H3;10*1-2H3. The van der Waals surface area contributed by atoms with Crippen molar-refractivity contribution in [1.29, 1.82) is 0 Å². The van der Waals surface area contributed by atoms with Gasteiger partial charge < -0.3 is 9.88 Å². The first-order valence-corrected chi connectivity index (χ1v) is 38.8. The number of aryl methyl sites for hydroxylation is 2. The third-order valence-electron chi connectivity index (χ3n) is 10.1. The number of rotatable bonds is 0. The van der Waals surface area contributed by atoms with Crippen LogP contribution in [0.5, 0.6) is 0 Å². The van der Waals surface area contributed by atoms with E-state index in [0.29, 0.717) is 27.1 Å². The fraction of sp³-hybridized carbons (Fsp3) is 0.542. The van der Waals surface area contributed by atoms with Crippen molar-refractivity contribution in [3.05, 3.63) is 211 Å². The summed E-state index contributed by atoms with van der Waals surface area (Å²) in [7, 11) is 3.54. The van der Waals surface area contributed by atoms with Gasteiger partial charge in [0, 0.05) is 42.8 Å². The third-order valence-corrected chi connectivity index (χ3v) is 10.1. The zero-order valence-corrected chi connectivity index (χ0v) is 74.7. The molecule has 1 amide bonds. The predicted octanol–water partition coefficient (Wildman–Crippen LogP) is 32.8. The van der Waals surface area contributed by atoms with Crippen LogP contribution in [0.15, 0.2) is 194 Å². The summed E-state index contributed by atoms with van der Waals surface area (Å²) in [5, 5.41) is 8.01. The number of nitrogens with zero attached hydrogens (tertiary/aromatic N) is 2.